The molecule has 0 aliphatic carbocycles. The van der Waals surface area contributed by atoms with Gasteiger partial charge in [-0.3, -0.25) is 10.1 Å². The lowest BCUT2D eigenvalue weighted by molar-refractivity contribution is -0.119. The molecule has 3 amide bonds. The maximum atomic E-state index is 12.9. The number of urea groups is 1. The Labute approximate surface area is 108 Å². The molecule has 0 saturated heterocycles. The molecule has 7 nitrogen and oxygen atoms in total. The van der Waals surface area contributed by atoms with Crippen LogP contribution in [0.5, 0.6) is 0 Å². The van der Waals surface area contributed by atoms with E-state index in [0.29, 0.717) is 0 Å². The first-order valence-electron chi connectivity index (χ1n) is 5.05. The molecular formula is C10H12FN3O4S. The second-order valence-electron chi connectivity index (χ2n) is 3.72. The fourth-order valence-electron chi connectivity index (χ4n) is 1.33. The van der Waals surface area contributed by atoms with Crippen molar-refractivity contribution in [3.8, 4) is 0 Å². The van der Waals surface area contributed by atoms with E-state index in [0.717, 1.165) is 25.1 Å². The second-order valence-corrected chi connectivity index (χ2v) is 5.96. The number of imide groups is 1. The Kier molecular flexibility index (Phi) is 4.10. The van der Waals surface area contributed by atoms with Crippen molar-refractivity contribution in [3.63, 3.8) is 0 Å². The van der Waals surface area contributed by atoms with Gasteiger partial charge in [-0.25, -0.2) is 17.6 Å². The zero-order chi connectivity index (χ0) is 14.8. The largest absolute Gasteiger partial charge is 0.398 e. The van der Waals surface area contributed by atoms with Crippen LogP contribution < -0.4 is 16.8 Å². The van der Waals surface area contributed by atoms with Crippen LogP contribution in [0.1, 0.15) is 6.92 Å². The van der Waals surface area contributed by atoms with E-state index < -0.39 is 32.8 Å². The van der Waals surface area contributed by atoms with E-state index in [-0.39, 0.29) is 10.6 Å². The number of primary amides is 1. The number of rotatable bonds is 3. The lowest BCUT2D eigenvalue weighted by Gasteiger charge is -2.13. The lowest BCUT2D eigenvalue weighted by atomic mass is 10.3. The van der Waals surface area contributed by atoms with E-state index in [1.165, 1.54) is 0 Å². The summed E-state index contributed by atoms with van der Waals surface area (Å²) in [5.74, 6) is -1.79. The molecule has 1 aromatic rings. The van der Waals surface area contributed by atoms with Crippen molar-refractivity contribution in [2.45, 2.75) is 17.1 Å². The van der Waals surface area contributed by atoms with E-state index >= 15 is 0 Å². The smallest absolute Gasteiger partial charge is 0.318 e. The molecule has 1 unspecified atom stereocenters. The van der Waals surface area contributed by atoms with Gasteiger partial charge in [0.25, 0.3) is 0 Å². The summed E-state index contributed by atoms with van der Waals surface area (Å²) >= 11 is 0. The Bertz CT molecular complexity index is 630. The number of hydrogen-bond acceptors (Lipinski definition) is 5. The molecule has 9 heteroatoms. The number of nitrogens with one attached hydrogen (secondary N) is 1. The number of nitrogen functional groups attached to an aromatic ring is 1. The number of benzene rings is 1. The van der Waals surface area contributed by atoms with E-state index in [2.05, 4.69) is 0 Å². The maximum Gasteiger partial charge on any atom is 0.318 e. The zero-order valence-electron chi connectivity index (χ0n) is 9.88. The molecule has 0 aromatic heterocycles. The molecule has 1 aromatic carbocycles. The van der Waals surface area contributed by atoms with Gasteiger partial charge in [0, 0.05) is 0 Å². The Balaban J connectivity index is 3.16. The molecule has 1 rings (SSSR count). The average Bonchev–Trinajstić information content (AvgIpc) is 2.26. The molecule has 0 aliphatic rings. The van der Waals surface area contributed by atoms with E-state index in [1.807, 2.05) is 0 Å². The highest BCUT2D eigenvalue weighted by Gasteiger charge is 2.32. The second kappa shape index (κ2) is 5.22. The monoisotopic (exact) mass is 289 g/mol. The fraction of sp³-hybridized carbons (Fsp3) is 0.200. The third-order valence-corrected chi connectivity index (χ3v) is 4.49. The van der Waals surface area contributed by atoms with Gasteiger partial charge >= 0.3 is 6.03 Å². The molecule has 5 N–H and O–H groups in total. The Hall–Kier alpha value is -2.16. The van der Waals surface area contributed by atoms with Crippen LogP contribution >= 0.6 is 0 Å². The van der Waals surface area contributed by atoms with Gasteiger partial charge in [0.2, 0.25) is 5.91 Å². The van der Waals surface area contributed by atoms with Crippen molar-refractivity contribution in [2.75, 3.05) is 5.73 Å². The minimum absolute atomic E-state index is 0.321. The van der Waals surface area contributed by atoms with Crippen LogP contribution in [0.15, 0.2) is 23.1 Å². The van der Waals surface area contributed by atoms with Crippen LogP contribution in [-0.4, -0.2) is 25.6 Å². The summed E-state index contributed by atoms with van der Waals surface area (Å²) in [4.78, 5) is 21.6. The Morgan fingerprint density at radius 2 is 1.95 bits per heavy atom. The van der Waals surface area contributed by atoms with Gasteiger partial charge in [-0.15, -0.1) is 0 Å². The summed E-state index contributed by atoms with van der Waals surface area (Å²) in [6.45, 7) is 1.07. The number of anilines is 1. The van der Waals surface area contributed by atoms with Crippen molar-refractivity contribution in [1.82, 2.24) is 5.32 Å². The molecular weight excluding hydrogens is 277 g/mol. The SMILES string of the molecule is CC(C(=O)NC(N)=O)S(=O)(=O)c1ccc(F)cc1N. The number of amides is 3. The van der Waals surface area contributed by atoms with Gasteiger partial charge in [-0.2, -0.15) is 0 Å². The van der Waals surface area contributed by atoms with Crippen molar-refractivity contribution in [2.24, 2.45) is 5.73 Å². The number of halogens is 1. The van der Waals surface area contributed by atoms with Crippen LogP contribution in [0.25, 0.3) is 0 Å². The number of carbonyl (C=O) groups excluding carboxylic acids is 2. The number of nitrogens with two attached hydrogens (primary N) is 2. The molecule has 0 heterocycles. The minimum Gasteiger partial charge on any atom is -0.398 e. The fourth-order valence-corrected chi connectivity index (χ4v) is 2.70. The van der Waals surface area contributed by atoms with Crippen molar-refractivity contribution < 1.29 is 22.4 Å². The van der Waals surface area contributed by atoms with E-state index in [9.17, 15) is 22.4 Å². The van der Waals surface area contributed by atoms with Gasteiger partial charge in [0.1, 0.15) is 11.1 Å². The lowest BCUT2D eigenvalue weighted by Crippen LogP contribution is -2.43. The molecule has 104 valence electrons. The molecule has 0 aliphatic heterocycles. The zero-order valence-corrected chi connectivity index (χ0v) is 10.7. The highest BCUT2D eigenvalue weighted by atomic mass is 32.2. The van der Waals surface area contributed by atoms with Crippen LogP contribution in [0.2, 0.25) is 0 Å². The molecule has 1 atom stereocenters. The third kappa shape index (κ3) is 3.19. The highest BCUT2D eigenvalue weighted by molar-refractivity contribution is 7.93. The molecule has 0 spiro atoms. The normalized spacial score (nSPS) is 12.7. The predicted octanol–water partition coefficient (Wildman–Crippen LogP) is -0.235. The molecule has 19 heavy (non-hydrogen) atoms. The molecule has 0 bridgehead atoms. The summed E-state index contributed by atoms with van der Waals surface area (Å²) in [7, 11) is -4.14. The van der Waals surface area contributed by atoms with E-state index in [1.54, 1.807) is 5.32 Å². The highest BCUT2D eigenvalue weighted by Crippen LogP contribution is 2.23. The third-order valence-electron chi connectivity index (χ3n) is 2.36. The number of carbonyl (C=O) groups is 2. The first kappa shape index (κ1) is 14.9. The summed E-state index contributed by atoms with van der Waals surface area (Å²) in [6.07, 6.45) is 0. The van der Waals surface area contributed by atoms with Crippen molar-refractivity contribution in [3.05, 3.63) is 24.0 Å². The maximum absolute atomic E-state index is 12.9. The Morgan fingerprint density at radius 3 is 2.42 bits per heavy atom. The van der Waals surface area contributed by atoms with Crippen molar-refractivity contribution >= 4 is 27.5 Å². The van der Waals surface area contributed by atoms with Crippen LogP contribution in [-0.2, 0) is 14.6 Å². The van der Waals surface area contributed by atoms with Gasteiger partial charge in [0.15, 0.2) is 9.84 Å². The predicted molar refractivity (Wildman–Crippen MR) is 65.2 cm³/mol. The minimum atomic E-state index is -4.14. The summed E-state index contributed by atoms with van der Waals surface area (Å²) in [6, 6.07) is 1.51. The summed E-state index contributed by atoms with van der Waals surface area (Å²) in [5.41, 5.74) is 9.81. The standard InChI is InChI=1S/C10H12FN3O4S/c1-5(9(15)14-10(13)16)19(17,18)8-3-2-6(11)4-7(8)12/h2-5H,12H2,1H3,(H3,13,14,15,16). The van der Waals surface area contributed by atoms with Crippen LogP contribution in [0.4, 0.5) is 14.9 Å². The first-order valence-corrected chi connectivity index (χ1v) is 6.60. The number of sulfone groups is 1. The first-order chi connectivity index (χ1) is 8.66. The van der Waals surface area contributed by atoms with Gasteiger partial charge in [-0.1, -0.05) is 0 Å². The molecule has 0 saturated carbocycles. The van der Waals surface area contributed by atoms with Crippen LogP contribution in [0, 0.1) is 5.82 Å². The quantitative estimate of drug-likeness (QED) is 0.522. The van der Waals surface area contributed by atoms with Gasteiger partial charge < -0.3 is 11.5 Å². The van der Waals surface area contributed by atoms with E-state index in [4.69, 9.17) is 11.5 Å². The topological polar surface area (TPSA) is 132 Å². The number of hydrogen-bond donors (Lipinski definition) is 3. The van der Waals surface area contributed by atoms with Crippen molar-refractivity contribution in [1.29, 1.82) is 0 Å². The molecule has 0 fully saturated rings. The summed E-state index contributed by atoms with van der Waals surface area (Å²) in [5, 5.41) is 0.0651. The van der Waals surface area contributed by atoms with Crippen LogP contribution in [0.3, 0.4) is 0 Å². The molecule has 0 radical (unpaired) electrons. The van der Waals surface area contributed by atoms with Gasteiger partial charge in [-0.05, 0) is 25.1 Å². The Morgan fingerprint density at radius 1 is 1.37 bits per heavy atom. The average molecular weight is 289 g/mol. The summed E-state index contributed by atoms with van der Waals surface area (Å²) < 4.78 is 37.0. The van der Waals surface area contributed by atoms with Gasteiger partial charge in [0.05, 0.1) is 10.6 Å².